The fourth-order valence-electron chi connectivity index (χ4n) is 2.74. The monoisotopic (exact) mass is 359 g/mol. The van der Waals surface area contributed by atoms with E-state index in [0.29, 0.717) is 41.7 Å². The summed E-state index contributed by atoms with van der Waals surface area (Å²) in [4.78, 5) is 30.4. The van der Waals surface area contributed by atoms with Crippen LogP contribution >= 0.6 is 11.6 Å². The molecule has 130 valence electrons. The van der Waals surface area contributed by atoms with Crippen molar-refractivity contribution in [2.75, 3.05) is 18.6 Å². The van der Waals surface area contributed by atoms with Crippen LogP contribution in [0.25, 0.3) is 0 Å². The van der Waals surface area contributed by atoms with Crippen LogP contribution in [0.1, 0.15) is 28.8 Å². The molecule has 6 nitrogen and oxygen atoms in total. The van der Waals surface area contributed by atoms with Gasteiger partial charge in [0.25, 0.3) is 5.91 Å². The number of rotatable bonds is 5. The van der Waals surface area contributed by atoms with Crippen LogP contribution in [0, 0.1) is 0 Å². The molecule has 25 heavy (non-hydrogen) atoms. The van der Waals surface area contributed by atoms with E-state index < -0.39 is 0 Å². The third-order valence-electron chi connectivity index (χ3n) is 4.03. The third kappa shape index (κ3) is 3.91. The maximum Gasteiger partial charge on any atom is 0.253 e. The maximum absolute atomic E-state index is 12.6. The number of hydrogen-bond donors (Lipinski definition) is 1. The average molecular weight is 360 g/mol. The largest absolute Gasteiger partial charge is 0.481 e. The van der Waals surface area contributed by atoms with Crippen molar-refractivity contribution < 1.29 is 14.3 Å². The molecule has 1 aromatic heterocycles. The van der Waals surface area contributed by atoms with Crippen LogP contribution in [0.4, 0.5) is 5.69 Å². The Morgan fingerprint density at radius 2 is 2.20 bits per heavy atom. The number of hydrogen-bond acceptors (Lipinski definition) is 4. The first kappa shape index (κ1) is 17.2. The minimum Gasteiger partial charge on any atom is -0.481 e. The Kier molecular flexibility index (Phi) is 5.19. The van der Waals surface area contributed by atoms with E-state index in [1.165, 1.54) is 0 Å². The first-order chi connectivity index (χ1) is 12.1. The van der Waals surface area contributed by atoms with E-state index in [0.717, 1.165) is 12.0 Å². The highest BCUT2D eigenvalue weighted by Crippen LogP contribution is 2.28. The highest BCUT2D eigenvalue weighted by atomic mass is 35.5. The van der Waals surface area contributed by atoms with Gasteiger partial charge in [0.2, 0.25) is 11.8 Å². The Morgan fingerprint density at radius 1 is 1.36 bits per heavy atom. The summed E-state index contributed by atoms with van der Waals surface area (Å²) < 4.78 is 5.01. The molecule has 3 rings (SSSR count). The molecule has 2 amide bonds. The molecular formula is C18H18ClN3O3. The first-order valence-corrected chi connectivity index (χ1v) is 8.33. The molecule has 0 atom stereocenters. The second-order valence-electron chi connectivity index (χ2n) is 5.70. The summed E-state index contributed by atoms with van der Waals surface area (Å²) in [6, 6.07) is 8.52. The maximum atomic E-state index is 12.6. The molecule has 0 radical (unpaired) electrons. The molecule has 0 unspecified atom stereocenters. The highest BCUT2D eigenvalue weighted by Gasteiger charge is 2.26. The van der Waals surface area contributed by atoms with Gasteiger partial charge in [-0.05, 0) is 30.2 Å². The molecule has 0 bridgehead atoms. The summed E-state index contributed by atoms with van der Waals surface area (Å²) in [7, 11) is 1.55. The number of nitrogens with one attached hydrogen (secondary N) is 1. The summed E-state index contributed by atoms with van der Waals surface area (Å²) in [5.41, 5.74) is 1.84. The van der Waals surface area contributed by atoms with Crippen molar-refractivity contribution >= 4 is 29.1 Å². The van der Waals surface area contributed by atoms with Gasteiger partial charge >= 0.3 is 0 Å². The molecule has 0 spiro atoms. The minimum atomic E-state index is -0.262. The third-order valence-corrected chi connectivity index (χ3v) is 4.26. The molecule has 1 fully saturated rings. The van der Waals surface area contributed by atoms with Crippen LogP contribution in [0.2, 0.25) is 5.02 Å². The smallest absolute Gasteiger partial charge is 0.253 e. The van der Waals surface area contributed by atoms with Gasteiger partial charge in [-0.25, -0.2) is 4.98 Å². The van der Waals surface area contributed by atoms with Crippen LogP contribution in [0.5, 0.6) is 5.88 Å². The van der Waals surface area contributed by atoms with Gasteiger partial charge in [-0.1, -0.05) is 17.7 Å². The van der Waals surface area contributed by atoms with E-state index in [1.54, 1.807) is 42.5 Å². The van der Waals surface area contributed by atoms with Crippen molar-refractivity contribution in [1.29, 1.82) is 0 Å². The predicted octanol–water partition coefficient (Wildman–Crippen LogP) is 2.80. The molecule has 1 aliphatic heterocycles. The number of carbonyl (C=O) groups excluding carboxylic acids is 2. The molecule has 1 saturated heterocycles. The van der Waals surface area contributed by atoms with Crippen molar-refractivity contribution in [1.82, 2.24) is 10.3 Å². The lowest BCUT2D eigenvalue weighted by Crippen LogP contribution is -2.29. The number of ether oxygens (including phenoxy) is 1. The van der Waals surface area contributed by atoms with Gasteiger partial charge in [-0.15, -0.1) is 0 Å². The van der Waals surface area contributed by atoms with Crippen LogP contribution in [-0.2, 0) is 11.3 Å². The molecule has 0 aliphatic carbocycles. The summed E-state index contributed by atoms with van der Waals surface area (Å²) >= 11 is 6.06. The topological polar surface area (TPSA) is 71.5 Å². The number of benzene rings is 1. The molecule has 2 aromatic rings. The highest BCUT2D eigenvalue weighted by molar-refractivity contribution is 6.31. The van der Waals surface area contributed by atoms with Crippen LogP contribution in [0.3, 0.4) is 0 Å². The number of amides is 2. The van der Waals surface area contributed by atoms with E-state index in [1.807, 2.05) is 6.07 Å². The van der Waals surface area contributed by atoms with E-state index >= 15 is 0 Å². The summed E-state index contributed by atoms with van der Waals surface area (Å²) in [5.74, 6) is 0.264. The molecule has 1 aromatic carbocycles. The lowest BCUT2D eigenvalue weighted by atomic mass is 10.1. The fraction of sp³-hybridized carbons (Fsp3) is 0.278. The number of pyridine rings is 1. The molecule has 7 heteroatoms. The Bertz CT molecular complexity index is 793. The van der Waals surface area contributed by atoms with Gasteiger partial charge in [0.15, 0.2) is 0 Å². The lowest BCUT2D eigenvalue weighted by Gasteiger charge is -2.19. The zero-order valence-corrected chi connectivity index (χ0v) is 14.5. The second kappa shape index (κ2) is 7.53. The van der Waals surface area contributed by atoms with Crippen molar-refractivity contribution in [2.24, 2.45) is 0 Å². The van der Waals surface area contributed by atoms with Crippen molar-refractivity contribution in [2.45, 2.75) is 19.4 Å². The van der Waals surface area contributed by atoms with Gasteiger partial charge < -0.3 is 15.0 Å². The average Bonchev–Trinajstić information content (AvgIpc) is 3.06. The molecule has 1 aliphatic rings. The van der Waals surface area contributed by atoms with Gasteiger partial charge in [-0.2, -0.15) is 0 Å². The second-order valence-corrected chi connectivity index (χ2v) is 6.14. The van der Waals surface area contributed by atoms with Crippen molar-refractivity contribution in [3.8, 4) is 5.88 Å². The normalized spacial score (nSPS) is 13.8. The Hall–Kier alpha value is -2.60. The zero-order chi connectivity index (χ0) is 17.8. The van der Waals surface area contributed by atoms with Gasteiger partial charge in [-0.3, -0.25) is 9.59 Å². The Morgan fingerprint density at radius 3 is 2.84 bits per heavy atom. The van der Waals surface area contributed by atoms with Crippen LogP contribution in [0.15, 0.2) is 36.5 Å². The predicted molar refractivity (Wildman–Crippen MR) is 95.0 cm³/mol. The number of halogens is 1. The fourth-order valence-corrected chi connectivity index (χ4v) is 2.90. The summed E-state index contributed by atoms with van der Waals surface area (Å²) in [5, 5.41) is 3.34. The van der Waals surface area contributed by atoms with Crippen LogP contribution < -0.4 is 15.0 Å². The van der Waals surface area contributed by atoms with Crippen molar-refractivity contribution in [3.05, 3.63) is 52.7 Å². The Labute approximate surface area is 150 Å². The first-order valence-electron chi connectivity index (χ1n) is 7.95. The van der Waals surface area contributed by atoms with E-state index in [4.69, 9.17) is 16.3 Å². The lowest BCUT2D eigenvalue weighted by molar-refractivity contribution is -0.117. The molecule has 2 heterocycles. The quantitative estimate of drug-likeness (QED) is 0.891. The zero-order valence-electron chi connectivity index (χ0n) is 13.8. The molecule has 0 saturated carbocycles. The number of nitrogens with zero attached hydrogens (tertiary/aromatic N) is 2. The van der Waals surface area contributed by atoms with E-state index in [2.05, 4.69) is 10.3 Å². The van der Waals surface area contributed by atoms with E-state index in [9.17, 15) is 9.59 Å². The SMILES string of the molecule is COc1ccc(CNC(=O)c2ccc(Cl)cc2N2CCCC2=O)cn1. The van der Waals surface area contributed by atoms with Gasteiger partial charge in [0.05, 0.1) is 18.4 Å². The number of methoxy groups -OCH3 is 1. The van der Waals surface area contributed by atoms with Gasteiger partial charge in [0, 0.05) is 36.8 Å². The van der Waals surface area contributed by atoms with E-state index in [-0.39, 0.29) is 11.8 Å². The Balaban J connectivity index is 1.76. The number of aromatic nitrogens is 1. The van der Waals surface area contributed by atoms with Gasteiger partial charge in [0.1, 0.15) is 0 Å². The minimum absolute atomic E-state index is 0.00988. The molecule has 1 N–H and O–H groups in total. The number of anilines is 1. The molecular weight excluding hydrogens is 342 g/mol. The van der Waals surface area contributed by atoms with Crippen molar-refractivity contribution in [3.63, 3.8) is 0 Å². The summed E-state index contributed by atoms with van der Waals surface area (Å²) in [6.07, 6.45) is 2.92. The summed E-state index contributed by atoms with van der Waals surface area (Å²) in [6.45, 7) is 0.924. The standard InChI is InChI=1S/C18H18ClN3O3/c1-25-16-7-4-12(10-20-16)11-21-18(24)14-6-5-13(19)9-15(14)22-8-2-3-17(22)23/h4-7,9-10H,2-3,8,11H2,1H3,(H,21,24). The number of carbonyl (C=O) groups is 2. The van der Waals surface area contributed by atoms with Crippen LogP contribution in [-0.4, -0.2) is 30.5 Å².